The second-order valence-electron chi connectivity index (χ2n) is 3.80. The summed E-state index contributed by atoms with van der Waals surface area (Å²) in [4.78, 5) is 11.2. The van der Waals surface area contributed by atoms with Gasteiger partial charge in [0.1, 0.15) is 17.1 Å². The Morgan fingerprint density at radius 2 is 1.85 bits per heavy atom. The minimum Gasteiger partial charge on any atom is -0.478 e. The second kappa shape index (κ2) is 6.07. The van der Waals surface area contributed by atoms with E-state index < -0.39 is 5.97 Å². The Labute approximate surface area is 131 Å². The molecule has 0 aromatic heterocycles. The number of hydrogen-bond acceptors (Lipinski definition) is 3. The highest BCUT2D eigenvalue weighted by molar-refractivity contribution is 9.10. The van der Waals surface area contributed by atoms with E-state index in [2.05, 4.69) is 31.9 Å². The molecule has 0 radical (unpaired) electrons. The quantitative estimate of drug-likeness (QED) is 0.824. The molecule has 0 amide bonds. The molecule has 0 aliphatic rings. The minimum absolute atomic E-state index is 0.0515. The van der Waals surface area contributed by atoms with Crippen molar-refractivity contribution in [2.24, 2.45) is 0 Å². The number of nitriles is 1. The van der Waals surface area contributed by atoms with Gasteiger partial charge in [-0.1, -0.05) is 15.9 Å². The van der Waals surface area contributed by atoms with Gasteiger partial charge in [0.2, 0.25) is 0 Å². The van der Waals surface area contributed by atoms with E-state index in [1.807, 2.05) is 6.07 Å². The molecule has 2 aromatic rings. The van der Waals surface area contributed by atoms with Crippen LogP contribution in [0.1, 0.15) is 15.9 Å². The van der Waals surface area contributed by atoms with Crippen molar-refractivity contribution >= 4 is 37.8 Å². The number of benzene rings is 2. The van der Waals surface area contributed by atoms with E-state index in [0.29, 0.717) is 20.3 Å². The van der Waals surface area contributed by atoms with Gasteiger partial charge in [0.25, 0.3) is 0 Å². The van der Waals surface area contributed by atoms with Gasteiger partial charge in [-0.3, -0.25) is 0 Å². The van der Waals surface area contributed by atoms with Crippen LogP contribution in [0.25, 0.3) is 0 Å². The standard InChI is InChI=1S/C14H7Br2NO3/c15-9-2-4-12(10(6-9)14(18)19)20-13-3-1-8(7-17)5-11(13)16/h1-6H,(H,18,19). The lowest BCUT2D eigenvalue weighted by Gasteiger charge is -2.10. The highest BCUT2D eigenvalue weighted by atomic mass is 79.9. The lowest BCUT2D eigenvalue weighted by atomic mass is 10.2. The molecular weight excluding hydrogens is 390 g/mol. The summed E-state index contributed by atoms with van der Waals surface area (Å²) in [6.07, 6.45) is 0. The van der Waals surface area contributed by atoms with Crippen molar-refractivity contribution in [3.05, 3.63) is 56.5 Å². The van der Waals surface area contributed by atoms with Crippen molar-refractivity contribution in [2.75, 3.05) is 0 Å². The van der Waals surface area contributed by atoms with Crippen LogP contribution in [-0.4, -0.2) is 11.1 Å². The number of halogens is 2. The van der Waals surface area contributed by atoms with Crippen LogP contribution < -0.4 is 4.74 Å². The molecule has 0 fully saturated rings. The molecule has 2 aromatic carbocycles. The molecule has 0 heterocycles. The average Bonchev–Trinajstić information content (AvgIpc) is 2.42. The summed E-state index contributed by atoms with van der Waals surface area (Å²) in [5, 5.41) is 18.0. The normalized spacial score (nSPS) is 9.85. The van der Waals surface area contributed by atoms with Crippen LogP contribution in [0.4, 0.5) is 0 Å². The number of carbonyl (C=O) groups is 1. The highest BCUT2D eigenvalue weighted by Gasteiger charge is 2.14. The third kappa shape index (κ3) is 3.18. The van der Waals surface area contributed by atoms with Crippen molar-refractivity contribution in [3.63, 3.8) is 0 Å². The zero-order valence-electron chi connectivity index (χ0n) is 9.93. The molecule has 0 saturated carbocycles. The molecule has 0 unspecified atom stereocenters. The first-order valence-electron chi connectivity index (χ1n) is 5.41. The number of nitrogens with zero attached hydrogens (tertiary/aromatic N) is 1. The van der Waals surface area contributed by atoms with Crippen molar-refractivity contribution < 1.29 is 14.6 Å². The third-order valence-electron chi connectivity index (χ3n) is 2.45. The Bertz CT molecular complexity index is 723. The van der Waals surface area contributed by atoms with Crippen molar-refractivity contribution in [1.29, 1.82) is 5.26 Å². The van der Waals surface area contributed by atoms with E-state index >= 15 is 0 Å². The molecule has 0 bridgehead atoms. The lowest BCUT2D eigenvalue weighted by molar-refractivity contribution is 0.0694. The van der Waals surface area contributed by atoms with E-state index in [0.717, 1.165) is 0 Å². The van der Waals surface area contributed by atoms with Gasteiger partial charge in [-0.15, -0.1) is 0 Å². The molecule has 4 nitrogen and oxygen atoms in total. The average molecular weight is 397 g/mol. The summed E-state index contributed by atoms with van der Waals surface area (Å²) in [5.41, 5.74) is 0.536. The van der Waals surface area contributed by atoms with Gasteiger partial charge in [-0.2, -0.15) is 5.26 Å². The van der Waals surface area contributed by atoms with Gasteiger partial charge in [-0.05, 0) is 52.3 Å². The fourth-order valence-corrected chi connectivity index (χ4v) is 2.35. The lowest BCUT2D eigenvalue weighted by Crippen LogP contribution is -2.00. The summed E-state index contributed by atoms with van der Waals surface area (Å²) in [6, 6.07) is 11.5. The van der Waals surface area contributed by atoms with Gasteiger partial charge in [0, 0.05) is 4.47 Å². The Kier molecular flexibility index (Phi) is 4.42. The van der Waals surface area contributed by atoms with Crippen molar-refractivity contribution in [1.82, 2.24) is 0 Å². The largest absolute Gasteiger partial charge is 0.478 e. The molecule has 100 valence electrons. The van der Waals surface area contributed by atoms with Crippen LogP contribution >= 0.6 is 31.9 Å². The highest BCUT2D eigenvalue weighted by Crippen LogP contribution is 2.33. The fourth-order valence-electron chi connectivity index (χ4n) is 1.53. The predicted molar refractivity (Wildman–Crippen MR) is 80.0 cm³/mol. The number of carboxylic acids is 1. The van der Waals surface area contributed by atoms with Crippen LogP contribution in [0.5, 0.6) is 11.5 Å². The maximum Gasteiger partial charge on any atom is 0.339 e. The van der Waals surface area contributed by atoms with E-state index in [4.69, 9.17) is 15.1 Å². The molecule has 0 saturated heterocycles. The smallest absolute Gasteiger partial charge is 0.339 e. The molecule has 20 heavy (non-hydrogen) atoms. The van der Waals surface area contributed by atoms with Gasteiger partial charge in [0.15, 0.2) is 0 Å². The van der Waals surface area contributed by atoms with E-state index in [1.54, 1.807) is 30.3 Å². The molecular formula is C14H7Br2NO3. The Morgan fingerprint density at radius 1 is 1.15 bits per heavy atom. The molecule has 2 rings (SSSR count). The minimum atomic E-state index is -1.08. The number of ether oxygens (including phenoxy) is 1. The van der Waals surface area contributed by atoms with Crippen LogP contribution in [0.2, 0.25) is 0 Å². The summed E-state index contributed by atoms with van der Waals surface area (Å²) < 4.78 is 6.83. The number of hydrogen-bond donors (Lipinski definition) is 1. The van der Waals surface area contributed by atoms with Crippen LogP contribution in [0, 0.1) is 11.3 Å². The molecule has 0 atom stereocenters. The SMILES string of the molecule is N#Cc1ccc(Oc2ccc(Br)cc2C(=O)O)c(Br)c1. The molecule has 0 aliphatic heterocycles. The van der Waals surface area contributed by atoms with Gasteiger partial charge in [-0.25, -0.2) is 4.79 Å². The van der Waals surface area contributed by atoms with Gasteiger partial charge in [0.05, 0.1) is 16.1 Å². The summed E-state index contributed by atoms with van der Waals surface area (Å²) in [7, 11) is 0. The molecule has 6 heteroatoms. The Balaban J connectivity index is 2.40. The second-order valence-corrected chi connectivity index (χ2v) is 5.57. The molecule has 0 spiro atoms. The van der Waals surface area contributed by atoms with Crippen molar-refractivity contribution in [2.45, 2.75) is 0 Å². The maximum atomic E-state index is 11.2. The maximum absolute atomic E-state index is 11.2. The Hall–Kier alpha value is -1.84. The van der Waals surface area contributed by atoms with E-state index in [1.165, 1.54) is 6.07 Å². The van der Waals surface area contributed by atoms with E-state index in [9.17, 15) is 4.79 Å². The van der Waals surface area contributed by atoms with Crippen LogP contribution in [0.3, 0.4) is 0 Å². The number of carboxylic acid groups (broad SMARTS) is 1. The summed E-state index contributed by atoms with van der Waals surface area (Å²) >= 11 is 6.51. The van der Waals surface area contributed by atoms with Gasteiger partial charge >= 0.3 is 5.97 Å². The zero-order valence-corrected chi connectivity index (χ0v) is 13.1. The monoisotopic (exact) mass is 395 g/mol. The van der Waals surface area contributed by atoms with Crippen LogP contribution in [0.15, 0.2) is 45.3 Å². The fraction of sp³-hybridized carbons (Fsp3) is 0. The van der Waals surface area contributed by atoms with Crippen LogP contribution in [-0.2, 0) is 0 Å². The number of rotatable bonds is 3. The Morgan fingerprint density at radius 3 is 2.45 bits per heavy atom. The van der Waals surface area contributed by atoms with Crippen molar-refractivity contribution in [3.8, 4) is 17.6 Å². The summed E-state index contributed by atoms with van der Waals surface area (Å²) in [5.74, 6) is -0.411. The van der Waals surface area contributed by atoms with Gasteiger partial charge < -0.3 is 9.84 Å². The third-order valence-corrected chi connectivity index (χ3v) is 3.57. The first-order valence-corrected chi connectivity index (χ1v) is 7.00. The molecule has 0 aliphatic carbocycles. The first kappa shape index (κ1) is 14.6. The predicted octanol–water partition coefficient (Wildman–Crippen LogP) is 4.57. The zero-order chi connectivity index (χ0) is 14.7. The summed E-state index contributed by atoms with van der Waals surface area (Å²) in [6.45, 7) is 0. The first-order chi connectivity index (χ1) is 9.51. The number of aromatic carboxylic acids is 1. The topological polar surface area (TPSA) is 70.3 Å². The molecule has 1 N–H and O–H groups in total. The van der Waals surface area contributed by atoms with E-state index in [-0.39, 0.29) is 11.3 Å².